The molecule has 0 aliphatic rings. The van der Waals surface area contributed by atoms with Gasteiger partial charge in [-0.1, -0.05) is 76.2 Å². The normalized spacial score (nSPS) is 11.1. The van der Waals surface area contributed by atoms with E-state index in [4.69, 9.17) is 19.4 Å². The number of hydrogen-bond acceptors (Lipinski definition) is 11. The number of fused-ring (bicyclic) bond motifs is 2. The molecule has 5 aromatic heterocycles. The summed E-state index contributed by atoms with van der Waals surface area (Å²) in [5.41, 5.74) is 5.84. The molecule has 66 heavy (non-hydrogen) atoms. The summed E-state index contributed by atoms with van der Waals surface area (Å²) >= 11 is 0. The van der Waals surface area contributed by atoms with Crippen molar-refractivity contribution >= 4 is 44.6 Å². The number of aromatic amines is 2. The van der Waals surface area contributed by atoms with E-state index in [2.05, 4.69) is 76.4 Å². The van der Waals surface area contributed by atoms with E-state index in [0.717, 1.165) is 52.9 Å². The molecule has 8 aromatic rings. The number of anilines is 4. The Kier molecular flexibility index (Phi) is 15.2. The lowest BCUT2D eigenvalue weighted by molar-refractivity contribution is 0.290. The maximum absolute atomic E-state index is 12.8. The molecule has 5 heterocycles. The number of nitriles is 1. The molecule has 336 valence electrons. The van der Waals surface area contributed by atoms with Crippen molar-refractivity contribution in [1.29, 1.82) is 5.26 Å². The second-order valence-electron chi connectivity index (χ2n) is 17.0. The van der Waals surface area contributed by atoms with E-state index in [1.165, 1.54) is 11.8 Å². The smallest absolute Gasteiger partial charge is 0.259 e. The van der Waals surface area contributed by atoms with Crippen LogP contribution in [0.3, 0.4) is 0 Å². The Morgan fingerprint density at radius 1 is 0.667 bits per heavy atom. The predicted octanol–water partition coefficient (Wildman–Crippen LogP) is 10.8. The Labute approximate surface area is 384 Å². The first-order chi connectivity index (χ1) is 32.0. The van der Waals surface area contributed by atoms with E-state index in [1.807, 2.05) is 99.0 Å². The van der Waals surface area contributed by atoms with Gasteiger partial charge in [0.1, 0.15) is 29.2 Å². The summed E-state index contributed by atoms with van der Waals surface area (Å²) in [5.74, 6) is 3.44. The Morgan fingerprint density at radius 2 is 1.18 bits per heavy atom. The Hall–Kier alpha value is -7.82. The summed E-state index contributed by atoms with van der Waals surface area (Å²) in [6, 6.07) is 34.9. The van der Waals surface area contributed by atoms with Crippen LogP contribution >= 0.6 is 0 Å². The molecular weight excluding hydrogens is 827 g/mol. The summed E-state index contributed by atoms with van der Waals surface area (Å²) in [6.07, 6.45) is 8.33. The molecule has 13 heteroatoms. The lowest BCUT2D eigenvalue weighted by Crippen LogP contribution is -2.12. The zero-order valence-electron chi connectivity index (χ0n) is 38.2. The third kappa shape index (κ3) is 11.6. The highest BCUT2D eigenvalue weighted by atomic mass is 16.5. The van der Waals surface area contributed by atoms with Gasteiger partial charge < -0.3 is 35.0 Å². The standard InChI is InChI=1S/C28H32N4O2.C25H23N5O2/c1-19(2)14-16-34-25-12-8-7-11-23(25)30-27-26-20(13-15-29-28(26)33)17-24(31-27)22-10-6-5-9-21(22)18-32(3)4;1-16(2)8-10-32-22-6-4-3-5-20(22)29-24-23-18(7-9-28-25(23)31)12-21(30-24)19-11-17(13-26)14-27-15-19/h5-13,15,17,19H,14,16,18H2,1-4H3,(H,29,33)(H,30,31);3-7,9,11-12,14-16H,8,10H2,1-2H3,(H,28,31)(H,29,30). The lowest BCUT2D eigenvalue weighted by Gasteiger charge is -2.17. The highest BCUT2D eigenvalue weighted by Crippen LogP contribution is 2.34. The molecule has 0 atom stereocenters. The second kappa shape index (κ2) is 21.7. The van der Waals surface area contributed by atoms with Crippen molar-refractivity contribution in [3.05, 3.63) is 160 Å². The highest BCUT2D eigenvalue weighted by molar-refractivity contribution is 5.97. The number of benzene rings is 3. The van der Waals surface area contributed by atoms with E-state index in [0.29, 0.717) is 75.7 Å². The van der Waals surface area contributed by atoms with Gasteiger partial charge in [-0.2, -0.15) is 5.26 Å². The van der Waals surface area contributed by atoms with Crippen LogP contribution in [0.2, 0.25) is 0 Å². The number of para-hydroxylation sites is 4. The van der Waals surface area contributed by atoms with Crippen molar-refractivity contribution in [3.63, 3.8) is 0 Å². The number of rotatable bonds is 16. The van der Waals surface area contributed by atoms with Crippen molar-refractivity contribution in [3.8, 4) is 40.1 Å². The molecule has 0 unspecified atom stereocenters. The number of aromatic nitrogens is 5. The average Bonchev–Trinajstić information content (AvgIpc) is 3.30. The SMILES string of the molecule is CC(C)CCOc1ccccc1Nc1nc(-c2ccccc2CN(C)C)cc2cc[nH]c(=O)c12.CC(C)CCOc1ccccc1Nc1nc(-c2cncc(C#N)c2)cc2cc[nH]c(=O)c12. The van der Waals surface area contributed by atoms with Crippen LogP contribution < -0.4 is 31.2 Å². The van der Waals surface area contributed by atoms with Crippen molar-refractivity contribution < 1.29 is 9.47 Å². The van der Waals surface area contributed by atoms with E-state index in [-0.39, 0.29) is 11.1 Å². The number of hydrogen-bond donors (Lipinski definition) is 4. The minimum absolute atomic E-state index is 0.182. The van der Waals surface area contributed by atoms with E-state index in [1.54, 1.807) is 24.7 Å². The fourth-order valence-electron chi connectivity index (χ4n) is 7.24. The number of nitrogens with zero attached hydrogens (tertiary/aromatic N) is 5. The summed E-state index contributed by atoms with van der Waals surface area (Å²) in [6.45, 7) is 10.7. The van der Waals surface area contributed by atoms with Crippen LogP contribution in [-0.2, 0) is 6.54 Å². The minimum Gasteiger partial charge on any atom is -0.491 e. The van der Waals surface area contributed by atoms with Crippen molar-refractivity contribution in [1.82, 2.24) is 29.8 Å². The van der Waals surface area contributed by atoms with Crippen LogP contribution in [0.1, 0.15) is 51.7 Å². The van der Waals surface area contributed by atoms with Gasteiger partial charge in [0.25, 0.3) is 11.1 Å². The van der Waals surface area contributed by atoms with Crippen molar-refractivity contribution in [2.24, 2.45) is 11.8 Å². The third-order valence-corrected chi connectivity index (χ3v) is 10.6. The monoisotopic (exact) mass is 881 g/mol. The minimum atomic E-state index is -0.244. The molecule has 0 spiro atoms. The average molecular weight is 882 g/mol. The van der Waals surface area contributed by atoms with Crippen molar-refractivity contribution in [2.75, 3.05) is 37.9 Å². The first-order valence-electron chi connectivity index (χ1n) is 22.1. The number of H-pyrrole nitrogens is 2. The first-order valence-corrected chi connectivity index (χ1v) is 22.1. The lowest BCUT2D eigenvalue weighted by atomic mass is 10.0. The van der Waals surface area contributed by atoms with Gasteiger partial charge in [-0.3, -0.25) is 14.6 Å². The fraction of sp³-hybridized carbons (Fsp3) is 0.245. The van der Waals surface area contributed by atoms with Gasteiger partial charge >= 0.3 is 0 Å². The third-order valence-electron chi connectivity index (χ3n) is 10.6. The Morgan fingerprint density at radius 3 is 1.73 bits per heavy atom. The first kappa shape index (κ1) is 46.2. The highest BCUT2D eigenvalue weighted by Gasteiger charge is 2.17. The maximum Gasteiger partial charge on any atom is 0.259 e. The maximum atomic E-state index is 12.8. The molecule has 0 amide bonds. The largest absolute Gasteiger partial charge is 0.491 e. The number of nitrogens with one attached hydrogen (secondary N) is 4. The molecule has 0 saturated carbocycles. The van der Waals surface area contributed by atoms with Gasteiger partial charge in [-0.05, 0) is 110 Å². The van der Waals surface area contributed by atoms with Gasteiger partial charge in [0.2, 0.25) is 0 Å². The molecule has 3 aromatic carbocycles. The molecule has 13 nitrogen and oxygen atoms in total. The molecule has 0 saturated heterocycles. The quantitative estimate of drug-likeness (QED) is 0.0727. The van der Waals surface area contributed by atoms with Crippen LogP contribution in [0.15, 0.2) is 138 Å². The van der Waals surface area contributed by atoms with Crippen molar-refractivity contribution in [2.45, 2.75) is 47.1 Å². The zero-order valence-corrected chi connectivity index (χ0v) is 38.2. The fourth-order valence-corrected chi connectivity index (χ4v) is 7.24. The summed E-state index contributed by atoms with van der Waals surface area (Å²) in [7, 11) is 4.10. The summed E-state index contributed by atoms with van der Waals surface area (Å²) in [5, 5.41) is 18.4. The Balaban J connectivity index is 0.000000197. The van der Waals surface area contributed by atoms with Gasteiger partial charge in [-0.15, -0.1) is 0 Å². The van der Waals surface area contributed by atoms with E-state index in [9.17, 15) is 14.9 Å². The van der Waals surface area contributed by atoms with Gasteiger partial charge in [-0.25, -0.2) is 9.97 Å². The summed E-state index contributed by atoms with van der Waals surface area (Å²) in [4.78, 5) is 46.9. The number of pyridine rings is 5. The molecule has 4 N–H and O–H groups in total. The van der Waals surface area contributed by atoms with Crippen LogP contribution in [0, 0.1) is 23.2 Å². The molecule has 0 radical (unpaired) electrons. The molecule has 0 fully saturated rings. The van der Waals surface area contributed by atoms with Crippen LogP contribution in [-0.4, -0.2) is 57.1 Å². The van der Waals surface area contributed by atoms with Crippen LogP contribution in [0.5, 0.6) is 11.5 Å². The second-order valence-corrected chi connectivity index (χ2v) is 17.0. The van der Waals surface area contributed by atoms with Crippen LogP contribution in [0.25, 0.3) is 44.1 Å². The molecule has 0 aliphatic carbocycles. The predicted molar refractivity (Wildman–Crippen MR) is 265 cm³/mol. The zero-order chi connectivity index (χ0) is 46.6. The molecular formula is C53H55N9O4. The molecule has 0 aliphatic heterocycles. The molecule has 0 bridgehead atoms. The van der Waals surface area contributed by atoms with Crippen LogP contribution in [0.4, 0.5) is 23.0 Å². The molecule has 8 rings (SSSR count). The van der Waals surface area contributed by atoms with Gasteiger partial charge in [0.15, 0.2) is 0 Å². The Bertz CT molecular complexity index is 3100. The van der Waals surface area contributed by atoms with Gasteiger partial charge in [0.05, 0.1) is 52.3 Å². The topological polar surface area (TPSA) is 174 Å². The number of ether oxygens (including phenoxy) is 2. The van der Waals surface area contributed by atoms with Gasteiger partial charge in [0, 0.05) is 42.5 Å². The van der Waals surface area contributed by atoms with E-state index < -0.39 is 0 Å². The summed E-state index contributed by atoms with van der Waals surface area (Å²) < 4.78 is 12.0. The van der Waals surface area contributed by atoms with E-state index >= 15 is 0 Å².